The fourth-order valence-corrected chi connectivity index (χ4v) is 3.33. The summed E-state index contributed by atoms with van der Waals surface area (Å²) in [6.45, 7) is 0. The van der Waals surface area contributed by atoms with Crippen LogP contribution in [0.5, 0.6) is 0 Å². The number of carbonyl (C=O) groups excluding carboxylic acids is 1. The molecule has 1 aromatic heterocycles. The third-order valence-corrected chi connectivity index (χ3v) is 4.86. The van der Waals surface area contributed by atoms with Crippen molar-refractivity contribution in [2.75, 3.05) is 24.3 Å². The Morgan fingerprint density at radius 3 is 2.35 bits per heavy atom. The predicted octanol–water partition coefficient (Wildman–Crippen LogP) is 4.34. The second-order valence-corrected chi connectivity index (χ2v) is 7.19. The number of anilines is 3. The van der Waals surface area contributed by atoms with Gasteiger partial charge in [-0.3, -0.25) is 9.78 Å². The van der Waals surface area contributed by atoms with Crippen LogP contribution in [0, 0.1) is 0 Å². The zero-order valence-corrected chi connectivity index (χ0v) is 15.7. The van der Waals surface area contributed by atoms with Crippen molar-refractivity contribution in [3.05, 3.63) is 48.3 Å². The number of rotatable bonds is 5. The van der Waals surface area contributed by atoms with Crippen LogP contribution in [-0.4, -0.2) is 31.0 Å². The predicted molar refractivity (Wildman–Crippen MR) is 107 cm³/mol. The molecule has 1 aliphatic carbocycles. The van der Waals surface area contributed by atoms with Crippen LogP contribution in [-0.2, 0) is 0 Å². The van der Waals surface area contributed by atoms with Crippen molar-refractivity contribution in [1.29, 1.82) is 0 Å². The average molecular weight is 352 g/mol. The molecule has 0 bridgehead atoms. The lowest BCUT2D eigenvalue weighted by molar-refractivity contribution is 0.0933. The molecule has 0 atom stereocenters. The standard InChI is InChI=1S/C21H28N4O/c1-25(2)20-11-9-18(10-12-20)23-19-13-16(14-22-15-19)21(26)24-17-7-5-3-4-6-8-17/h9-15,17,23H,3-8H2,1-2H3,(H,24,26). The Hall–Kier alpha value is -2.56. The van der Waals surface area contributed by atoms with Gasteiger partial charge in [-0.15, -0.1) is 0 Å². The van der Waals surface area contributed by atoms with E-state index in [-0.39, 0.29) is 5.91 Å². The number of pyridine rings is 1. The van der Waals surface area contributed by atoms with E-state index in [0.29, 0.717) is 11.6 Å². The average Bonchev–Trinajstić information content (AvgIpc) is 2.91. The molecule has 0 saturated heterocycles. The summed E-state index contributed by atoms with van der Waals surface area (Å²) in [4.78, 5) is 18.9. The van der Waals surface area contributed by atoms with Gasteiger partial charge in [-0.1, -0.05) is 25.7 Å². The number of hydrogen-bond acceptors (Lipinski definition) is 4. The van der Waals surface area contributed by atoms with Gasteiger partial charge >= 0.3 is 0 Å². The van der Waals surface area contributed by atoms with Gasteiger partial charge in [0.25, 0.3) is 5.91 Å². The lowest BCUT2D eigenvalue weighted by atomic mass is 10.1. The highest BCUT2D eigenvalue weighted by Crippen LogP contribution is 2.21. The molecule has 0 radical (unpaired) electrons. The number of nitrogens with zero attached hydrogens (tertiary/aromatic N) is 2. The maximum atomic E-state index is 12.6. The van der Waals surface area contributed by atoms with Crippen LogP contribution in [0.2, 0.25) is 0 Å². The minimum absolute atomic E-state index is 0.0315. The smallest absolute Gasteiger partial charge is 0.253 e. The molecule has 138 valence electrons. The van der Waals surface area contributed by atoms with E-state index in [0.717, 1.165) is 29.9 Å². The summed E-state index contributed by atoms with van der Waals surface area (Å²) in [7, 11) is 4.03. The van der Waals surface area contributed by atoms with Crippen molar-refractivity contribution >= 4 is 23.0 Å². The maximum absolute atomic E-state index is 12.6. The molecule has 5 nitrogen and oxygen atoms in total. The van der Waals surface area contributed by atoms with Gasteiger partial charge < -0.3 is 15.5 Å². The largest absolute Gasteiger partial charge is 0.378 e. The second-order valence-electron chi connectivity index (χ2n) is 7.19. The van der Waals surface area contributed by atoms with Gasteiger partial charge in [0.05, 0.1) is 17.4 Å². The minimum Gasteiger partial charge on any atom is -0.378 e. The fraction of sp³-hybridized carbons (Fsp3) is 0.429. The van der Waals surface area contributed by atoms with E-state index in [2.05, 4.69) is 32.7 Å². The van der Waals surface area contributed by atoms with Crippen molar-refractivity contribution in [2.24, 2.45) is 0 Å². The van der Waals surface area contributed by atoms with Crippen molar-refractivity contribution in [1.82, 2.24) is 10.3 Å². The molecule has 2 aromatic rings. The Morgan fingerprint density at radius 2 is 1.69 bits per heavy atom. The lowest BCUT2D eigenvalue weighted by Gasteiger charge is -2.16. The first kappa shape index (κ1) is 18.2. The summed E-state index contributed by atoms with van der Waals surface area (Å²) >= 11 is 0. The second kappa shape index (κ2) is 8.70. The van der Waals surface area contributed by atoms with E-state index >= 15 is 0 Å². The quantitative estimate of drug-likeness (QED) is 0.786. The summed E-state index contributed by atoms with van der Waals surface area (Å²) in [5, 5.41) is 6.49. The van der Waals surface area contributed by atoms with E-state index < -0.39 is 0 Å². The number of aromatic nitrogens is 1. The van der Waals surface area contributed by atoms with E-state index in [1.165, 1.54) is 25.7 Å². The highest BCUT2D eigenvalue weighted by atomic mass is 16.1. The Morgan fingerprint density at radius 1 is 1.00 bits per heavy atom. The van der Waals surface area contributed by atoms with Gasteiger partial charge in [-0.05, 0) is 43.2 Å². The van der Waals surface area contributed by atoms with E-state index in [4.69, 9.17) is 0 Å². The minimum atomic E-state index is -0.0315. The highest BCUT2D eigenvalue weighted by Gasteiger charge is 2.16. The van der Waals surface area contributed by atoms with Gasteiger partial charge in [0.2, 0.25) is 0 Å². The molecule has 5 heteroatoms. The SMILES string of the molecule is CN(C)c1ccc(Nc2cncc(C(=O)NC3CCCCCC3)c2)cc1. The van der Waals surface area contributed by atoms with Gasteiger partial charge in [0.15, 0.2) is 0 Å². The first-order valence-electron chi connectivity index (χ1n) is 9.42. The van der Waals surface area contributed by atoms with Crippen LogP contribution < -0.4 is 15.5 Å². The molecule has 3 rings (SSSR count). The van der Waals surface area contributed by atoms with Gasteiger partial charge in [-0.25, -0.2) is 0 Å². The van der Waals surface area contributed by atoms with E-state index in [9.17, 15) is 4.79 Å². The number of amides is 1. The molecule has 1 aromatic carbocycles. The normalized spacial score (nSPS) is 15.2. The van der Waals surface area contributed by atoms with Crippen LogP contribution in [0.15, 0.2) is 42.7 Å². The van der Waals surface area contributed by atoms with Crippen LogP contribution >= 0.6 is 0 Å². The molecular weight excluding hydrogens is 324 g/mol. The van der Waals surface area contributed by atoms with Gasteiger partial charge in [0.1, 0.15) is 0 Å². The molecular formula is C21H28N4O. The summed E-state index contributed by atoms with van der Waals surface area (Å²) in [5.74, 6) is -0.0315. The zero-order valence-electron chi connectivity index (χ0n) is 15.7. The Bertz CT molecular complexity index is 719. The number of benzene rings is 1. The summed E-state index contributed by atoms with van der Waals surface area (Å²) in [6.07, 6.45) is 10.5. The highest BCUT2D eigenvalue weighted by molar-refractivity contribution is 5.95. The van der Waals surface area contributed by atoms with Crippen LogP contribution in [0.25, 0.3) is 0 Å². The molecule has 2 N–H and O–H groups in total. The van der Waals surface area contributed by atoms with E-state index in [1.54, 1.807) is 12.4 Å². The molecule has 26 heavy (non-hydrogen) atoms. The third kappa shape index (κ3) is 4.97. The van der Waals surface area contributed by atoms with Crippen molar-refractivity contribution in [3.8, 4) is 0 Å². The lowest BCUT2D eigenvalue weighted by Crippen LogP contribution is -2.34. The monoisotopic (exact) mass is 352 g/mol. The molecule has 1 saturated carbocycles. The number of nitrogens with one attached hydrogen (secondary N) is 2. The van der Waals surface area contributed by atoms with Gasteiger partial charge in [-0.2, -0.15) is 0 Å². The van der Waals surface area contributed by atoms with E-state index in [1.807, 2.05) is 32.3 Å². The third-order valence-electron chi connectivity index (χ3n) is 4.86. The molecule has 0 unspecified atom stereocenters. The van der Waals surface area contributed by atoms with Crippen molar-refractivity contribution in [3.63, 3.8) is 0 Å². The number of hydrogen-bond donors (Lipinski definition) is 2. The van der Waals surface area contributed by atoms with Crippen LogP contribution in [0.1, 0.15) is 48.9 Å². The van der Waals surface area contributed by atoms with Gasteiger partial charge in [0, 0.05) is 37.7 Å². The Balaban J connectivity index is 1.64. The van der Waals surface area contributed by atoms with Crippen molar-refractivity contribution in [2.45, 2.75) is 44.6 Å². The molecule has 0 spiro atoms. The fourth-order valence-electron chi connectivity index (χ4n) is 3.33. The molecule has 0 aliphatic heterocycles. The summed E-state index contributed by atoms with van der Waals surface area (Å²) in [5.41, 5.74) is 3.53. The number of carbonyl (C=O) groups is 1. The first-order chi connectivity index (χ1) is 12.6. The molecule has 1 heterocycles. The maximum Gasteiger partial charge on any atom is 0.253 e. The van der Waals surface area contributed by atoms with Crippen LogP contribution in [0.3, 0.4) is 0 Å². The topological polar surface area (TPSA) is 57.3 Å². The van der Waals surface area contributed by atoms with Crippen molar-refractivity contribution < 1.29 is 4.79 Å². The van der Waals surface area contributed by atoms with Crippen LogP contribution in [0.4, 0.5) is 17.1 Å². The first-order valence-corrected chi connectivity index (χ1v) is 9.42. The molecule has 1 aliphatic rings. The summed E-state index contributed by atoms with van der Waals surface area (Å²) in [6, 6.07) is 10.3. The molecule has 1 fully saturated rings. The Kier molecular flexibility index (Phi) is 6.10. The zero-order chi connectivity index (χ0) is 18.4. The summed E-state index contributed by atoms with van der Waals surface area (Å²) < 4.78 is 0. The molecule has 1 amide bonds. The Labute approximate surface area is 155 Å².